The molecule has 0 spiro atoms. The van der Waals surface area contributed by atoms with Crippen molar-refractivity contribution in [2.75, 3.05) is 11.5 Å². The number of anilines is 2. The smallest absolute Gasteiger partial charge is 0.399 e. The molecule has 0 saturated carbocycles. The molecule has 0 bridgehead atoms. The van der Waals surface area contributed by atoms with Gasteiger partial charge in [-0.1, -0.05) is 15.9 Å². The molecule has 152 valence electrons. The normalized spacial score (nSPS) is 17.2. The van der Waals surface area contributed by atoms with E-state index < -0.39 is 24.1 Å². The highest BCUT2D eigenvalue weighted by Crippen LogP contribution is 2.36. The van der Waals surface area contributed by atoms with Gasteiger partial charge in [0.05, 0.1) is 22.6 Å². The Hall–Kier alpha value is -1.64. The van der Waals surface area contributed by atoms with E-state index in [0.29, 0.717) is 0 Å². The van der Waals surface area contributed by atoms with Crippen LogP contribution in [0.1, 0.15) is 38.8 Å². The third-order valence-corrected chi connectivity index (χ3v) is 6.02. The molecule has 0 atom stereocenters. The number of rotatable bonds is 1. The van der Waals surface area contributed by atoms with Crippen molar-refractivity contribution < 1.29 is 18.1 Å². The number of nitrogens with two attached hydrogens (primary N) is 2. The first-order chi connectivity index (χ1) is 12.7. The molecule has 1 aliphatic heterocycles. The molecule has 2 aromatic carbocycles. The van der Waals surface area contributed by atoms with Crippen molar-refractivity contribution in [3.63, 3.8) is 0 Å². The molecule has 4 nitrogen and oxygen atoms in total. The van der Waals surface area contributed by atoms with Crippen LogP contribution < -0.4 is 16.9 Å². The first-order valence-electron chi connectivity index (χ1n) is 8.87. The van der Waals surface area contributed by atoms with Crippen LogP contribution >= 0.6 is 15.9 Å². The molecule has 8 heteroatoms. The summed E-state index contributed by atoms with van der Waals surface area (Å²) in [5, 5.41) is 0. The van der Waals surface area contributed by atoms with Crippen LogP contribution in [0.3, 0.4) is 0 Å². The van der Waals surface area contributed by atoms with Crippen LogP contribution in [0.4, 0.5) is 20.2 Å². The Labute approximate surface area is 173 Å². The van der Waals surface area contributed by atoms with Crippen molar-refractivity contribution in [1.29, 1.82) is 0 Å². The van der Waals surface area contributed by atoms with E-state index in [2.05, 4.69) is 15.9 Å². The van der Waals surface area contributed by atoms with Crippen LogP contribution in [0.2, 0.25) is 0 Å². The molecule has 1 fully saturated rings. The summed E-state index contributed by atoms with van der Waals surface area (Å²) in [5.41, 5.74) is 12.8. The topological polar surface area (TPSA) is 70.5 Å². The van der Waals surface area contributed by atoms with E-state index in [1.165, 1.54) is 12.1 Å². The predicted octanol–water partition coefficient (Wildman–Crippen LogP) is 4.49. The SMILES string of the molecule is Cc1cc(F)c(N)cc1B1OC(C)(C)C(C)(C)O1.Cc1cc(F)c(N)cc1Br. The van der Waals surface area contributed by atoms with Gasteiger partial charge in [-0.25, -0.2) is 8.78 Å². The first-order valence-corrected chi connectivity index (χ1v) is 9.67. The van der Waals surface area contributed by atoms with Gasteiger partial charge >= 0.3 is 7.12 Å². The lowest BCUT2D eigenvalue weighted by molar-refractivity contribution is 0.00578. The fraction of sp³-hybridized carbons (Fsp3) is 0.400. The number of aryl methyl sites for hydroxylation is 2. The van der Waals surface area contributed by atoms with Gasteiger partial charge in [-0.15, -0.1) is 0 Å². The Balaban J connectivity index is 0.000000237. The van der Waals surface area contributed by atoms with Crippen molar-refractivity contribution >= 4 is 39.9 Å². The fourth-order valence-electron chi connectivity index (χ4n) is 2.59. The molecule has 28 heavy (non-hydrogen) atoms. The fourth-order valence-corrected chi connectivity index (χ4v) is 2.95. The standard InChI is InChI=1S/C13H19BFNO2.C7H7BrFN/c1-8-6-10(15)11(16)7-9(8)14-17-12(2,3)13(4,5)18-14;1-4-2-6(9)7(10)3-5(4)8/h6-7H,16H2,1-5H3;2-3H,10H2,1H3. The van der Waals surface area contributed by atoms with Gasteiger partial charge in [-0.3, -0.25) is 0 Å². The quantitative estimate of drug-likeness (QED) is 0.491. The van der Waals surface area contributed by atoms with Gasteiger partial charge in [0.2, 0.25) is 0 Å². The second-order valence-electron chi connectivity index (χ2n) is 7.94. The number of hydrogen-bond donors (Lipinski definition) is 2. The molecule has 0 radical (unpaired) electrons. The van der Waals surface area contributed by atoms with Crippen molar-refractivity contribution in [2.45, 2.75) is 52.7 Å². The van der Waals surface area contributed by atoms with E-state index in [1.54, 1.807) is 12.1 Å². The Bertz CT molecular complexity index is 825. The van der Waals surface area contributed by atoms with Gasteiger partial charge in [-0.2, -0.15) is 0 Å². The van der Waals surface area contributed by atoms with Gasteiger partial charge in [0.15, 0.2) is 0 Å². The summed E-state index contributed by atoms with van der Waals surface area (Å²) >= 11 is 3.23. The van der Waals surface area contributed by atoms with E-state index in [4.69, 9.17) is 20.8 Å². The van der Waals surface area contributed by atoms with Gasteiger partial charge in [-0.05, 0) is 82.4 Å². The lowest BCUT2D eigenvalue weighted by Crippen LogP contribution is -2.41. The lowest BCUT2D eigenvalue weighted by atomic mass is 9.76. The Kier molecular flexibility index (Phi) is 6.48. The summed E-state index contributed by atoms with van der Waals surface area (Å²) < 4.78 is 38.6. The maximum Gasteiger partial charge on any atom is 0.495 e. The monoisotopic (exact) mass is 454 g/mol. The van der Waals surface area contributed by atoms with E-state index in [0.717, 1.165) is 21.1 Å². The van der Waals surface area contributed by atoms with Crippen molar-refractivity contribution in [1.82, 2.24) is 0 Å². The molecule has 0 amide bonds. The number of hydrogen-bond acceptors (Lipinski definition) is 4. The second-order valence-corrected chi connectivity index (χ2v) is 8.80. The molecule has 4 N–H and O–H groups in total. The summed E-state index contributed by atoms with van der Waals surface area (Å²) in [7, 11) is -0.502. The minimum atomic E-state index is -0.502. The molecular weight excluding hydrogens is 429 g/mol. The number of nitrogen functional groups attached to an aromatic ring is 2. The van der Waals surface area contributed by atoms with Gasteiger partial charge in [0.25, 0.3) is 0 Å². The van der Waals surface area contributed by atoms with Crippen molar-refractivity contribution in [2.24, 2.45) is 0 Å². The highest BCUT2D eigenvalue weighted by molar-refractivity contribution is 9.10. The molecule has 0 aliphatic carbocycles. The molecule has 1 saturated heterocycles. The molecule has 1 aliphatic rings. The predicted molar refractivity (Wildman–Crippen MR) is 115 cm³/mol. The molecule has 3 rings (SSSR count). The summed E-state index contributed by atoms with van der Waals surface area (Å²) in [4.78, 5) is 0. The minimum Gasteiger partial charge on any atom is -0.399 e. The average molecular weight is 455 g/mol. The third-order valence-electron chi connectivity index (χ3n) is 5.17. The molecule has 2 aromatic rings. The Morgan fingerprint density at radius 1 is 0.821 bits per heavy atom. The maximum atomic E-state index is 13.3. The van der Waals surface area contributed by atoms with E-state index in [-0.39, 0.29) is 17.2 Å². The van der Waals surface area contributed by atoms with E-state index in [9.17, 15) is 8.78 Å². The molecular formula is C20H26BBrF2N2O2. The average Bonchev–Trinajstić information content (AvgIpc) is 2.77. The van der Waals surface area contributed by atoms with Crippen molar-refractivity contribution in [3.8, 4) is 0 Å². The number of halogens is 3. The zero-order valence-electron chi connectivity index (χ0n) is 17.0. The molecule has 0 unspecified atom stereocenters. The summed E-state index contributed by atoms with van der Waals surface area (Å²) in [5.74, 6) is -0.770. The Morgan fingerprint density at radius 3 is 1.71 bits per heavy atom. The second kappa shape index (κ2) is 8.01. The number of benzene rings is 2. The third kappa shape index (κ3) is 4.67. The van der Waals surface area contributed by atoms with Crippen LogP contribution in [-0.4, -0.2) is 18.3 Å². The highest BCUT2D eigenvalue weighted by Gasteiger charge is 2.52. The summed E-state index contributed by atoms with van der Waals surface area (Å²) in [6, 6.07) is 5.96. The van der Waals surface area contributed by atoms with E-state index in [1.807, 2.05) is 41.5 Å². The van der Waals surface area contributed by atoms with Crippen LogP contribution in [0.15, 0.2) is 28.7 Å². The lowest BCUT2D eigenvalue weighted by Gasteiger charge is -2.32. The largest absolute Gasteiger partial charge is 0.495 e. The summed E-state index contributed by atoms with van der Waals surface area (Å²) in [6.45, 7) is 11.6. The maximum absolute atomic E-state index is 13.3. The molecule has 0 aromatic heterocycles. The zero-order valence-corrected chi connectivity index (χ0v) is 18.6. The van der Waals surface area contributed by atoms with Crippen molar-refractivity contribution in [3.05, 3.63) is 51.5 Å². The highest BCUT2D eigenvalue weighted by atomic mass is 79.9. The zero-order chi connectivity index (χ0) is 21.4. The van der Waals surface area contributed by atoms with Gasteiger partial charge in [0, 0.05) is 4.47 Å². The van der Waals surface area contributed by atoms with Crippen LogP contribution in [0, 0.1) is 25.5 Å². The minimum absolute atomic E-state index is 0.116. The first kappa shape index (κ1) is 22.7. The van der Waals surface area contributed by atoms with Crippen LogP contribution in [0.5, 0.6) is 0 Å². The summed E-state index contributed by atoms with van der Waals surface area (Å²) in [6.07, 6.45) is 0. The van der Waals surface area contributed by atoms with Gasteiger partial charge < -0.3 is 20.8 Å². The van der Waals surface area contributed by atoms with Crippen LogP contribution in [0.25, 0.3) is 0 Å². The molecule has 1 heterocycles. The van der Waals surface area contributed by atoms with Crippen LogP contribution in [-0.2, 0) is 9.31 Å². The Morgan fingerprint density at radius 2 is 1.25 bits per heavy atom. The van der Waals surface area contributed by atoms with Gasteiger partial charge in [0.1, 0.15) is 11.6 Å². The van der Waals surface area contributed by atoms with E-state index >= 15 is 0 Å².